The highest BCUT2D eigenvalue weighted by Gasteiger charge is 2.27. The summed E-state index contributed by atoms with van der Waals surface area (Å²) in [6.45, 7) is 4.69. The minimum absolute atomic E-state index is 0.0352. The number of rotatable bonds is 4. The van der Waals surface area contributed by atoms with Crippen LogP contribution in [0.3, 0.4) is 0 Å². The van der Waals surface area contributed by atoms with Gasteiger partial charge < -0.3 is 9.64 Å². The molecule has 1 heterocycles. The van der Waals surface area contributed by atoms with Crippen molar-refractivity contribution in [3.05, 3.63) is 59.9 Å². The number of carbonyl (C=O) groups is 1. The quantitative estimate of drug-likeness (QED) is 0.868. The molecule has 1 aliphatic rings. The minimum atomic E-state index is -3.90. The molecule has 6 nitrogen and oxygen atoms in total. The number of sulfonamides is 1. The monoisotopic (exact) mass is 392 g/mol. The minimum Gasteiger partial charge on any atom is -0.372 e. The van der Waals surface area contributed by atoms with Gasteiger partial charge in [0.05, 0.1) is 17.1 Å². The molecule has 2 aromatic rings. The van der Waals surface area contributed by atoms with Crippen LogP contribution >= 0.6 is 0 Å². The Hall–Kier alpha value is -2.45. The number of ether oxygens (including phenoxy) is 1. The van der Waals surface area contributed by atoms with Gasteiger partial charge in [-0.05, 0) is 56.3 Å². The van der Waals surface area contributed by atoms with Gasteiger partial charge >= 0.3 is 0 Å². The van der Waals surface area contributed by atoms with Crippen LogP contribution in [0.15, 0.2) is 53.4 Å². The molecular formula is C19H21FN2O4S. The second-order valence-corrected chi connectivity index (χ2v) is 8.29. The Morgan fingerprint density at radius 2 is 1.74 bits per heavy atom. The van der Waals surface area contributed by atoms with Gasteiger partial charge in [-0.1, -0.05) is 6.07 Å². The van der Waals surface area contributed by atoms with E-state index in [1.807, 2.05) is 13.8 Å². The molecule has 27 heavy (non-hydrogen) atoms. The molecular weight excluding hydrogens is 371 g/mol. The van der Waals surface area contributed by atoms with Gasteiger partial charge in [-0.15, -0.1) is 0 Å². The number of benzene rings is 2. The first-order valence-corrected chi connectivity index (χ1v) is 10.1. The van der Waals surface area contributed by atoms with E-state index in [0.717, 1.165) is 0 Å². The Kier molecular flexibility index (Phi) is 5.48. The highest BCUT2D eigenvalue weighted by molar-refractivity contribution is 7.92. The highest BCUT2D eigenvalue weighted by atomic mass is 32.2. The van der Waals surface area contributed by atoms with Gasteiger partial charge in [0.2, 0.25) is 0 Å². The van der Waals surface area contributed by atoms with Crippen LogP contribution in [0, 0.1) is 5.82 Å². The third-order valence-electron chi connectivity index (χ3n) is 4.19. The molecule has 0 aliphatic carbocycles. The summed E-state index contributed by atoms with van der Waals surface area (Å²) in [5, 5.41) is 0. The third kappa shape index (κ3) is 4.64. The van der Waals surface area contributed by atoms with E-state index < -0.39 is 15.8 Å². The summed E-state index contributed by atoms with van der Waals surface area (Å²) < 4.78 is 46.2. The maximum absolute atomic E-state index is 13.0. The van der Waals surface area contributed by atoms with Crippen molar-refractivity contribution >= 4 is 21.6 Å². The lowest BCUT2D eigenvalue weighted by atomic mass is 10.1. The van der Waals surface area contributed by atoms with Crippen LogP contribution in [0.1, 0.15) is 24.2 Å². The van der Waals surface area contributed by atoms with E-state index in [4.69, 9.17) is 4.74 Å². The third-order valence-corrected chi connectivity index (χ3v) is 5.57. The Bertz CT molecular complexity index is 921. The molecule has 1 saturated heterocycles. The van der Waals surface area contributed by atoms with Crippen LogP contribution in [-0.2, 0) is 14.8 Å². The maximum Gasteiger partial charge on any atom is 0.261 e. The van der Waals surface area contributed by atoms with E-state index in [9.17, 15) is 17.6 Å². The largest absolute Gasteiger partial charge is 0.372 e. The van der Waals surface area contributed by atoms with Crippen LogP contribution in [0.25, 0.3) is 0 Å². The summed E-state index contributed by atoms with van der Waals surface area (Å²) in [7, 11) is -3.90. The van der Waals surface area contributed by atoms with Gasteiger partial charge in [0.1, 0.15) is 5.82 Å². The molecule has 8 heteroatoms. The topological polar surface area (TPSA) is 75.7 Å². The summed E-state index contributed by atoms with van der Waals surface area (Å²) in [5.41, 5.74) is 0.530. The number of morpholine rings is 1. The zero-order valence-electron chi connectivity index (χ0n) is 15.1. The van der Waals surface area contributed by atoms with Crippen LogP contribution in [0.2, 0.25) is 0 Å². The van der Waals surface area contributed by atoms with Crippen molar-refractivity contribution in [3.8, 4) is 0 Å². The van der Waals surface area contributed by atoms with E-state index in [0.29, 0.717) is 18.7 Å². The molecule has 0 saturated carbocycles. The summed E-state index contributed by atoms with van der Waals surface area (Å²) >= 11 is 0. The molecule has 3 rings (SSSR count). The summed E-state index contributed by atoms with van der Waals surface area (Å²) in [4.78, 5) is 14.4. The lowest BCUT2D eigenvalue weighted by molar-refractivity contribution is -0.0586. The second-order valence-electron chi connectivity index (χ2n) is 6.61. The smallest absolute Gasteiger partial charge is 0.261 e. The fourth-order valence-electron chi connectivity index (χ4n) is 3.05. The first kappa shape index (κ1) is 19.3. The Morgan fingerprint density at radius 1 is 1.11 bits per heavy atom. The molecule has 1 fully saturated rings. The number of halogens is 1. The molecule has 0 bridgehead atoms. The zero-order chi connectivity index (χ0) is 19.6. The number of anilines is 1. The SMILES string of the molecule is CC1CN(C(=O)c2cccc(S(=O)(=O)Nc3ccc(F)cc3)c2)CC(C)O1. The first-order chi connectivity index (χ1) is 12.7. The number of hydrogen-bond donors (Lipinski definition) is 1. The van der Waals surface area contributed by atoms with E-state index in [1.54, 1.807) is 11.0 Å². The lowest BCUT2D eigenvalue weighted by Gasteiger charge is -2.35. The zero-order valence-corrected chi connectivity index (χ0v) is 15.9. The van der Waals surface area contributed by atoms with Crippen molar-refractivity contribution in [3.63, 3.8) is 0 Å². The van der Waals surface area contributed by atoms with Crippen LogP contribution in [-0.4, -0.2) is 44.5 Å². The molecule has 0 radical (unpaired) electrons. The van der Waals surface area contributed by atoms with Crippen LogP contribution < -0.4 is 4.72 Å². The fourth-order valence-corrected chi connectivity index (χ4v) is 4.16. The lowest BCUT2D eigenvalue weighted by Crippen LogP contribution is -2.48. The van der Waals surface area contributed by atoms with Crippen molar-refractivity contribution in [1.82, 2.24) is 4.90 Å². The van der Waals surface area contributed by atoms with Crippen molar-refractivity contribution in [1.29, 1.82) is 0 Å². The number of nitrogens with zero attached hydrogens (tertiary/aromatic N) is 1. The molecule has 1 N–H and O–H groups in total. The Balaban J connectivity index is 1.82. The average Bonchev–Trinajstić information content (AvgIpc) is 2.62. The van der Waals surface area contributed by atoms with Gasteiger partial charge in [-0.3, -0.25) is 9.52 Å². The van der Waals surface area contributed by atoms with Crippen molar-refractivity contribution < 1.29 is 22.3 Å². The van der Waals surface area contributed by atoms with E-state index in [2.05, 4.69) is 4.72 Å². The van der Waals surface area contributed by atoms with Crippen molar-refractivity contribution in [2.45, 2.75) is 31.0 Å². The van der Waals surface area contributed by atoms with Crippen LogP contribution in [0.4, 0.5) is 10.1 Å². The number of amides is 1. The van der Waals surface area contributed by atoms with E-state index >= 15 is 0 Å². The fraction of sp³-hybridized carbons (Fsp3) is 0.316. The van der Waals surface area contributed by atoms with Gasteiger partial charge in [-0.25, -0.2) is 12.8 Å². The molecule has 0 aromatic heterocycles. The summed E-state index contributed by atoms with van der Waals surface area (Å²) in [6, 6.07) is 10.9. The maximum atomic E-state index is 13.0. The molecule has 2 unspecified atom stereocenters. The predicted molar refractivity (Wildman–Crippen MR) is 99.6 cm³/mol. The number of hydrogen-bond acceptors (Lipinski definition) is 4. The number of carbonyl (C=O) groups excluding carboxylic acids is 1. The molecule has 2 aromatic carbocycles. The molecule has 144 valence electrons. The van der Waals surface area contributed by atoms with Gasteiger partial charge in [0.25, 0.3) is 15.9 Å². The summed E-state index contributed by atoms with van der Waals surface area (Å²) in [6.07, 6.45) is -0.158. The van der Waals surface area contributed by atoms with Gasteiger partial charge in [0.15, 0.2) is 0 Å². The van der Waals surface area contributed by atoms with E-state index in [-0.39, 0.29) is 28.7 Å². The molecule has 1 amide bonds. The Morgan fingerprint density at radius 3 is 2.37 bits per heavy atom. The van der Waals surface area contributed by atoms with Crippen molar-refractivity contribution in [2.24, 2.45) is 0 Å². The molecule has 1 aliphatic heterocycles. The van der Waals surface area contributed by atoms with Crippen LogP contribution in [0.5, 0.6) is 0 Å². The molecule has 2 atom stereocenters. The van der Waals surface area contributed by atoms with Gasteiger partial charge in [0, 0.05) is 24.3 Å². The summed E-state index contributed by atoms with van der Waals surface area (Å²) in [5.74, 6) is -0.699. The molecule has 0 spiro atoms. The Labute approximate surface area is 158 Å². The predicted octanol–water partition coefficient (Wildman–Crippen LogP) is 2.88. The van der Waals surface area contributed by atoms with Gasteiger partial charge in [-0.2, -0.15) is 0 Å². The average molecular weight is 392 g/mol. The van der Waals surface area contributed by atoms with E-state index in [1.165, 1.54) is 42.5 Å². The first-order valence-electron chi connectivity index (χ1n) is 8.58. The second kappa shape index (κ2) is 7.66. The number of nitrogens with one attached hydrogen (secondary N) is 1. The standard InChI is InChI=1S/C19H21FN2O4S/c1-13-11-22(12-14(2)26-13)19(23)15-4-3-5-18(10-15)27(24,25)21-17-8-6-16(20)7-9-17/h3-10,13-14,21H,11-12H2,1-2H3. The normalized spacial score (nSPS) is 20.3. The van der Waals surface area contributed by atoms with Crippen molar-refractivity contribution in [2.75, 3.05) is 17.8 Å². The highest BCUT2D eigenvalue weighted by Crippen LogP contribution is 2.20.